The molecule has 0 aliphatic heterocycles. The van der Waals surface area contributed by atoms with Gasteiger partial charge in [0.1, 0.15) is 19.1 Å². The first-order valence-electron chi connectivity index (χ1n) is 3.83. The average molecular weight is 164 g/mol. The van der Waals surface area contributed by atoms with Crippen molar-refractivity contribution in [1.29, 1.82) is 0 Å². The molecule has 0 saturated heterocycles. The summed E-state index contributed by atoms with van der Waals surface area (Å²) >= 11 is 0. The molecule has 0 radical (unpaired) electrons. The summed E-state index contributed by atoms with van der Waals surface area (Å²) in [6, 6.07) is 0. The SMILES string of the molecule is C=[N+](C)C=c1[nH]ncc1=C(C)C. The maximum absolute atomic E-state index is 3.96. The zero-order valence-electron chi connectivity index (χ0n) is 7.76. The highest BCUT2D eigenvalue weighted by Crippen LogP contribution is 1.80. The molecular weight excluding hydrogens is 150 g/mol. The molecule has 12 heavy (non-hydrogen) atoms. The molecule has 3 heteroatoms. The Kier molecular flexibility index (Phi) is 2.43. The van der Waals surface area contributed by atoms with Crippen LogP contribution in [0.2, 0.25) is 0 Å². The monoisotopic (exact) mass is 164 g/mol. The molecule has 3 nitrogen and oxygen atoms in total. The Morgan fingerprint density at radius 2 is 2.33 bits per heavy atom. The van der Waals surface area contributed by atoms with Crippen molar-refractivity contribution < 1.29 is 4.58 Å². The summed E-state index contributed by atoms with van der Waals surface area (Å²) < 4.78 is 1.75. The van der Waals surface area contributed by atoms with E-state index in [0.717, 1.165) is 10.6 Å². The molecule has 1 aromatic rings. The van der Waals surface area contributed by atoms with E-state index in [0.29, 0.717) is 0 Å². The van der Waals surface area contributed by atoms with E-state index in [4.69, 9.17) is 0 Å². The van der Waals surface area contributed by atoms with Crippen LogP contribution >= 0.6 is 0 Å². The fraction of sp³-hybridized carbons (Fsp3) is 0.333. The van der Waals surface area contributed by atoms with Crippen molar-refractivity contribution in [2.75, 3.05) is 7.05 Å². The third-order valence-corrected chi connectivity index (χ3v) is 1.56. The summed E-state index contributed by atoms with van der Waals surface area (Å²) in [5.41, 5.74) is 1.25. The van der Waals surface area contributed by atoms with Crippen molar-refractivity contribution in [3.63, 3.8) is 0 Å². The summed E-state index contributed by atoms with van der Waals surface area (Å²) in [6.45, 7) is 7.86. The second kappa shape index (κ2) is 3.34. The minimum absolute atomic E-state index is 1.01. The van der Waals surface area contributed by atoms with Gasteiger partial charge in [0.05, 0.1) is 6.20 Å². The lowest BCUT2D eigenvalue weighted by atomic mass is 10.3. The van der Waals surface area contributed by atoms with Gasteiger partial charge in [-0.05, 0) is 13.8 Å². The quantitative estimate of drug-likeness (QED) is 0.448. The number of aromatic nitrogens is 2. The third kappa shape index (κ3) is 1.81. The Morgan fingerprint density at radius 1 is 1.67 bits per heavy atom. The molecule has 0 aliphatic carbocycles. The molecule has 0 spiro atoms. The molecule has 0 amide bonds. The van der Waals surface area contributed by atoms with Crippen LogP contribution in [0.3, 0.4) is 0 Å². The number of rotatable bonds is 1. The van der Waals surface area contributed by atoms with Gasteiger partial charge in [0.2, 0.25) is 0 Å². The van der Waals surface area contributed by atoms with Gasteiger partial charge in [0.15, 0.2) is 6.20 Å². The van der Waals surface area contributed by atoms with Gasteiger partial charge in [-0.3, -0.25) is 5.10 Å². The molecular formula is C9H14N3+. The van der Waals surface area contributed by atoms with E-state index < -0.39 is 0 Å². The molecule has 0 fully saturated rings. The van der Waals surface area contributed by atoms with E-state index in [1.165, 1.54) is 5.57 Å². The molecule has 0 aliphatic rings. The van der Waals surface area contributed by atoms with E-state index in [1.807, 2.05) is 19.4 Å². The molecule has 0 atom stereocenters. The van der Waals surface area contributed by atoms with Gasteiger partial charge in [0, 0.05) is 5.22 Å². The largest absolute Gasteiger partial charge is 0.272 e. The van der Waals surface area contributed by atoms with Crippen LogP contribution in [0.15, 0.2) is 6.20 Å². The predicted octanol–water partition coefficient (Wildman–Crippen LogP) is -0.319. The number of H-pyrrole nitrogens is 1. The molecule has 0 aromatic carbocycles. The van der Waals surface area contributed by atoms with Crippen LogP contribution in [-0.2, 0) is 0 Å². The molecule has 0 saturated carbocycles. The highest BCUT2D eigenvalue weighted by Gasteiger charge is 1.92. The molecule has 1 aromatic heterocycles. The lowest BCUT2D eigenvalue weighted by molar-refractivity contribution is -0.374. The molecule has 64 valence electrons. The summed E-state index contributed by atoms with van der Waals surface area (Å²) in [6.07, 6.45) is 3.74. The van der Waals surface area contributed by atoms with Crippen LogP contribution in [0.4, 0.5) is 0 Å². The topological polar surface area (TPSA) is 31.7 Å². The van der Waals surface area contributed by atoms with Crippen LogP contribution in [0.1, 0.15) is 13.8 Å². The van der Waals surface area contributed by atoms with Gasteiger partial charge in [-0.1, -0.05) is 5.57 Å². The van der Waals surface area contributed by atoms with E-state index in [1.54, 1.807) is 4.58 Å². The predicted molar refractivity (Wildman–Crippen MR) is 50.4 cm³/mol. The van der Waals surface area contributed by atoms with E-state index in [-0.39, 0.29) is 0 Å². The first-order valence-corrected chi connectivity index (χ1v) is 3.83. The smallest absolute Gasteiger partial charge is 0.193 e. The van der Waals surface area contributed by atoms with Crippen LogP contribution < -0.4 is 10.6 Å². The van der Waals surface area contributed by atoms with Crippen molar-refractivity contribution in [3.05, 3.63) is 16.8 Å². The van der Waals surface area contributed by atoms with Gasteiger partial charge >= 0.3 is 0 Å². The van der Waals surface area contributed by atoms with Crippen LogP contribution in [0.5, 0.6) is 0 Å². The first-order chi connectivity index (χ1) is 5.61. The molecule has 0 bridgehead atoms. The zero-order valence-corrected chi connectivity index (χ0v) is 7.76. The average Bonchev–Trinajstić information content (AvgIpc) is 2.33. The van der Waals surface area contributed by atoms with E-state index in [2.05, 4.69) is 30.8 Å². The highest BCUT2D eigenvalue weighted by molar-refractivity contribution is 5.38. The van der Waals surface area contributed by atoms with Gasteiger partial charge in [-0.25, -0.2) is 4.58 Å². The second-order valence-corrected chi connectivity index (χ2v) is 3.08. The first kappa shape index (κ1) is 8.71. The number of nitrogens with zero attached hydrogens (tertiary/aromatic N) is 2. The Balaban J connectivity index is 3.47. The number of nitrogens with one attached hydrogen (secondary N) is 1. The molecule has 1 heterocycles. The summed E-state index contributed by atoms with van der Waals surface area (Å²) in [5, 5.41) is 9.03. The van der Waals surface area contributed by atoms with Gasteiger partial charge in [-0.15, -0.1) is 0 Å². The van der Waals surface area contributed by atoms with E-state index in [9.17, 15) is 0 Å². The van der Waals surface area contributed by atoms with Crippen LogP contribution in [-0.4, -0.2) is 28.5 Å². The Morgan fingerprint density at radius 3 is 2.83 bits per heavy atom. The highest BCUT2D eigenvalue weighted by atomic mass is 15.1. The van der Waals surface area contributed by atoms with Crippen molar-refractivity contribution in [2.24, 2.45) is 0 Å². The Bertz CT molecular complexity index is 394. The van der Waals surface area contributed by atoms with Gasteiger partial charge in [-0.2, -0.15) is 5.10 Å². The minimum atomic E-state index is 1.01. The molecule has 0 unspecified atom stereocenters. The number of hydrogen-bond donors (Lipinski definition) is 1. The van der Waals surface area contributed by atoms with Crippen molar-refractivity contribution in [1.82, 2.24) is 10.2 Å². The Hall–Kier alpha value is -1.38. The van der Waals surface area contributed by atoms with Crippen molar-refractivity contribution in [3.8, 4) is 0 Å². The van der Waals surface area contributed by atoms with Crippen LogP contribution in [0.25, 0.3) is 11.8 Å². The molecule has 1 rings (SSSR count). The fourth-order valence-electron chi connectivity index (χ4n) is 1.01. The minimum Gasteiger partial charge on any atom is -0.272 e. The number of hydrogen-bond acceptors (Lipinski definition) is 1. The second-order valence-electron chi connectivity index (χ2n) is 3.08. The standard InChI is InChI=1S/C9H14N3/c1-7(2)8-5-10-11-9(8)6-12(3)4/h5-6,11H,3H2,1-2,4H3/q+1. The fourth-order valence-corrected chi connectivity index (χ4v) is 1.01. The normalized spacial score (nSPS) is 11.8. The Labute approximate surface area is 71.7 Å². The lowest BCUT2D eigenvalue weighted by Crippen LogP contribution is -2.25. The van der Waals surface area contributed by atoms with Crippen molar-refractivity contribution >= 4 is 18.5 Å². The summed E-state index contributed by atoms with van der Waals surface area (Å²) in [5.74, 6) is 0. The van der Waals surface area contributed by atoms with Crippen LogP contribution in [0, 0.1) is 0 Å². The molecule has 1 N–H and O–H groups in total. The lowest BCUT2D eigenvalue weighted by Gasteiger charge is -1.83. The van der Waals surface area contributed by atoms with Crippen molar-refractivity contribution in [2.45, 2.75) is 13.8 Å². The maximum atomic E-state index is 3.96. The van der Waals surface area contributed by atoms with E-state index >= 15 is 0 Å². The third-order valence-electron chi connectivity index (χ3n) is 1.56. The van der Waals surface area contributed by atoms with Gasteiger partial charge in [0.25, 0.3) is 0 Å². The zero-order chi connectivity index (χ0) is 9.14. The maximum Gasteiger partial charge on any atom is 0.193 e. The number of aromatic amines is 1. The summed E-state index contributed by atoms with van der Waals surface area (Å²) in [7, 11) is 1.88. The summed E-state index contributed by atoms with van der Waals surface area (Å²) in [4.78, 5) is 0. The van der Waals surface area contributed by atoms with Gasteiger partial charge < -0.3 is 0 Å².